The number of hydrogen-bond acceptors (Lipinski definition) is 8. The molecular formula is C20H38N8S2. The monoisotopic (exact) mass is 454 g/mol. The highest BCUT2D eigenvalue weighted by atomic mass is 33.1. The van der Waals surface area contributed by atoms with E-state index in [1.165, 1.54) is 85.8 Å². The Morgan fingerprint density at radius 1 is 0.600 bits per heavy atom. The maximum absolute atomic E-state index is 6.01. The molecule has 0 unspecified atom stereocenters. The minimum absolute atomic E-state index is 0.465. The molecule has 10 heteroatoms. The number of hydrogen-bond donors (Lipinski definition) is 2. The van der Waals surface area contributed by atoms with Crippen molar-refractivity contribution < 1.29 is 0 Å². The molecule has 0 aromatic carbocycles. The van der Waals surface area contributed by atoms with E-state index in [0.717, 1.165) is 25.9 Å². The Hall–Kier alpha value is -1.42. The van der Waals surface area contributed by atoms with Crippen molar-refractivity contribution in [2.24, 2.45) is 0 Å². The van der Waals surface area contributed by atoms with E-state index in [9.17, 15) is 0 Å². The molecule has 0 radical (unpaired) electrons. The van der Waals surface area contributed by atoms with Crippen LogP contribution in [0, 0.1) is 0 Å². The summed E-state index contributed by atoms with van der Waals surface area (Å²) in [6.45, 7) is 6.09. The van der Waals surface area contributed by atoms with Gasteiger partial charge in [-0.15, -0.1) is 10.2 Å². The summed E-state index contributed by atoms with van der Waals surface area (Å²) in [6, 6.07) is 0. The highest BCUT2D eigenvalue weighted by Crippen LogP contribution is 2.34. The summed E-state index contributed by atoms with van der Waals surface area (Å²) < 4.78 is 3.59. The van der Waals surface area contributed by atoms with Crippen molar-refractivity contribution in [1.29, 1.82) is 0 Å². The van der Waals surface area contributed by atoms with Gasteiger partial charge in [0.15, 0.2) is 0 Å². The van der Waals surface area contributed by atoms with Crippen LogP contribution in [-0.2, 0) is 13.1 Å². The molecule has 2 heterocycles. The number of rotatable bonds is 17. The molecule has 30 heavy (non-hydrogen) atoms. The predicted molar refractivity (Wildman–Crippen MR) is 127 cm³/mol. The van der Waals surface area contributed by atoms with Crippen molar-refractivity contribution in [2.45, 2.75) is 114 Å². The van der Waals surface area contributed by atoms with Crippen LogP contribution in [0.1, 0.15) is 90.9 Å². The Labute approximate surface area is 188 Å². The van der Waals surface area contributed by atoms with Crippen LogP contribution in [0.15, 0.2) is 10.3 Å². The number of aromatic nitrogens is 6. The highest BCUT2D eigenvalue weighted by molar-refractivity contribution is 8.76. The van der Waals surface area contributed by atoms with E-state index < -0.39 is 0 Å². The van der Waals surface area contributed by atoms with Gasteiger partial charge in [0.05, 0.1) is 0 Å². The Morgan fingerprint density at radius 2 is 0.967 bits per heavy atom. The van der Waals surface area contributed by atoms with Gasteiger partial charge in [-0.05, 0) is 34.4 Å². The predicted octanol–water partition coefficient (Wildman–Crippen LogP) is 5.55. The highest BCUT2D eigenvalue weighted by Gasteiger charge is 2.12. The maximum Gasteiger partial charge on any atom is 0.221 e. The van der Waals surface area contributed by atoms with Crippen LogP contribution >= 0.6 is 21.6 Å². The Morgan fingerprint density at radius 3 is 1.37 bits per heavy atom. The minimum Gasteiger partial charge on any atom is -0.368 e. The summed E-state index contributed by atoms with van der Waals surface area (Å²) in [5, 5.41) is 10.3. The smallest absolute Gasteiger partial charge is 0.221 e. The molecule has 0 aliphatic carbocycles. The zero-order valence-electron chi connectivity index (χ0n) is 18.6. The summed E-state index contributed by atoms with van der Waals surface area (Å²) in [7, 11) is 2.84. The maximum atomic E-state index is 6.01. The number of aryl methyl sites for hydroxylation is 2. The van der Waals surface area contributed by atoms with Crippen molar-refractivity contribution >= 4 is 33.5 Å². The van der Waals surface area contributed by atoms with E-state index >= 15 is 0 Å². The van der Waals surface area contributed by atoms with Crippen molar-refractivity contribution in [2.75, 3.05) is 11.5 Å². The Balaban J connectivity index is 1.71. The molecule has 4 N–H and O–H groups in total. The Kier molecular flexibility index (Phi) is 12.1. The first kappa shape index (κ1) is 24.8. The van der Waals surface area contributed by atoms with E-state index in [1.54, 1.807) is 9.36 Å². The van der Waals surface area contributed by atoms with Crippen LogP contribution in [0.5, 0.6) is 0 Å². The van der Waals surface area contributed by atoms with Crippen LogP contribution < -0.4 is 11.5 Å². The SMILES string of the molecule is CCCCCCCCn1nc(SSc2nc(N)n(CCCCCCCC)n2)nc1N. The second-order valence-corrected chi connectivity index (χ2v) is 9.72. The molecule has 0 aliphatic rings. The molecule has 2 aromatic rings. The van der Waals surface area contributed by atoms with Gasteiger partial charge < -0.3 is 11.5 Å². The van der Waals surface area contributed by atoms with Crippen molar-refractivity contribution in [1.82, 2.24) is 29.5 Å². The Bertz CT molecular complexity index is 655. The largest absolute Gasteiger partial charge is 0.368 e. The number of nitrogens with two attached hydrogens (primary N) is 2. The summed E-state index contributed by atoms with van der Waals surface area (Å²) >= 11 is 0. The topological polar surface area (TPSA) is 113 Å². The first-order valence-electron chi connectivity index (χ1n) is 11.4. The van der Waals surface area contributed by atoms with Gasteiger partial charge in [0, 0.05) is 13.1 Å². The molecule has 0 aliphatic heterocycles. The molecule has 0 amide bonds. The summed E-state index contributed by atoms with van der Waals surface area (Å²) in [5.41, 5.74) is 12.0. The number of anilines is 2. The van der Waals surface area contributed by atoms with E-state index in [-0.39, 0.29) is 0 Å². The van der Waals surface area contributed by atoms with E-state index in [2.05, 4.69) is 34.0 Å². The molecule has 2 rings (SSSR count). The third-order valence-corrected chi connectivity index (χ3v) is 6.87. The van der Waals surface area contributed by atoms with Gasteiger partial charge in [-0.25, -0.2) is 9.36 Å². The molecule has 170 valence electrons. The van der Waals surface area contributed by atoms with Gasteiger partial charge in [-0.1, -0.05) is 78.1 Å². The van der Waals surface area contributed by atoms with E-state index in [1.807, 2.05) is 0 Å². The number of unbranched alkanes of at least 4 members (excludes halogenated alkanes) is 10. The van der Waals surface area contributed by atoms with Gasteiger partial charge in [0.2, 0.25) is 22.2 Å². The fourth-order valence-corrected chi connectivity index (χ4v) is 4.77. The standard InChI is InChI=1S/C20H38N8S2/c1-3-5-7-9-11-13-15-27-17(21)23-19(25-27)29-30-20-24-18(22)28(26-20)16-14-12-10-8-6-4-2/h3-16H2,1-2H3,(H2,21,23,25)(H2,22,24,26). The van der Waals surface area contributed by atoms with Crippen LogP contribution in [-0.4, -0.2) is 29.5 Å². The minimum atomic E-state index is 0.465. The van der Waals surface area contributed by atoms with Gasteiger partial charge in [0.1, 0.15) is 0 Å². The molecule has 0 fully saturated rings. The lowest BCUT2D eigenvalue weighted by Gasteiger charge is -2.02. The van der Waals surface area contributed by atoms with Crippen LogP contribution in [0.25, 0.3) is 0 Å². The lowest BCUT2D eigenvalue weighted by atomic mass is 10.1. The first-order chi connectivity index (χ1) is 14.6. The third kappa shape index (κ3) is 9.16. The molecule has 8 nitrogen and oxygen atoms in total. The lowest BCUT2D eigenvalue weighted by molar-refractivity contribution is 0.526. The quantitative estimate of drug-likeness (QED) is 0.236. The fraction of sp³-hybridized carbons (Fsp3) is 0.800. The van der Waals surface area contributed by atoms with Crippen LogP contribution in [0.4, 0.5) is 11.9 Å². The van der Waals surface area contributed by atoms with Crippen molar-refractivity contribution in [3.8, 4) is 0 Å². The molecule has 2 aromatic heterocycles. The lowest BCUT2D eigenvalue weighted by Crippen LogP contribution is -2.05. The van der Waals surface area contributed by atoms with Gasteiger partial charge >= 0.3 is 0 Å². The molecule has 0 atom stereocenters. The average molecular weight is 455 g/mol. The number of nitrogen functional groups attached to an aromatic ring is 2. The van der Waals surface area contributed by atoms with Crippen molar-refractivity contribution in [3.63, 3.8) is 0 Å². The molecule has 0 saturated carbocycles. The molecule has 0 bridgehead atoms. The summed E-state index contributed by atoms with van der Waals surface area (Å²) in [6.07, 6.45) is 14.9. The van der Waals surface area contributed by atoms with Gasteiger partial charge in [-0.2, -0.15) is 9.97 Å². The van der Waals surface area contributed by atoms with E-state index in [0.29, 0.717) is 22.2 Å². The van der Waals surface area contributed by atoms with Crippen molar-refractivity contribution in [3.05, 3.63) is 0 Å². The van der Waals surface area contributed by atoms with Gasteiger partial charge in [-0.3, -0.25) is 0 Å². The second kappa shape index (κ2) is 14.6. The van der Waals surface area contributed by atoms with E-state index in [4.69, 9.17) is 11.5 Å². The average Bonchev–Trinajstić information content (AvgIpc) is 3.27. The summed E-state index contributed by atoms with van der Waals surface area (Å²) in [4.78, 5) is 8.69. The second-order valence-electron chi connectivity index (χ2n) is 7.65. The summed E-state index contributed by atoms with van der Waals surface area (Å²) in [5.74, 6) is 0.931. The van der Waals surface area contributed by atoms with Crippen LogP contribution in [0.2, 0.25) is 0 Å². The normalized spacial score (nSPS) is 11.4. The van der Waals surface area contributed by atoms with Crippen LogP contribution in [0.3, 0.4) is 0 Å². The van der Waals surface area contributed by atoms with Gasteiger partial charge in [0.25, 0.3) is 0 Å². The zero-order valence-corrected chi connectivity index (χ0v) is 20.2. The zero-order chi connectivity index (χ0) is 21.6. The first-order valence-corrected chi connectivity index (χ1v) is 13.5. The third-order valence-electron chi connectivity index (χ3n) is 5.00. The molecule has 0 saturated heterocycles. The molecular weight excluding hydrogens is 416 g/mol. The fourth-order valence-electron chi connectivity index (χ4n) is 3.22. The molecule has 0 spiro atoms. The number of nitrogens with zero attached hydrogens (tertiary/aromatic N) is 6.